The minimum absolute atomic E-state index is 0.00369. The summed E-state index contributed by atoms with van der Waals surface area (Å²) < 4.78 is 0. The Kier molecular flexibility index (Phi) is 2.46. The predicted molar refractivity (Wildman–Crippen MR) is 58.0 cm³/mol. The summed E-state index contributed by atoms with van der Waals surface area (Å²) in [6.45, 7) is 2.85. The van der Waals surface area contributed by atoms with Gasteiger partial charge in [0.25, 0.3) is 0 Å². The fourth-order valence-corrected chi connectivity index (χ4v) is 2.08. The van der Waals surface area contributed by atoms with Gasteiger partial charge < -0.3 is 4.90 Å². The zero-order chi connectivity index (χ0) is 10.1. The molecule has 0 aromatic heterocycles. The van der Waals surface area contributed by atoms with E-state index in [0.29, 0.717) is 0 Å². The number of anilines is 1. The summed E-state index contributed by atoms with van der Waals surface area (Å²) in [7, 11) is 0. The third kappa shape index (κ3) is 1.40. The summed E-state index contributed by atoms with van der Waals surface area (Å²) >= 11 is 5.55. The molecule has 0 unspecified atom stereocenters. The van der Waals surface area contributed by atoms with Crippen LogP contribution in [0.15, 0.2) is 18.2 Å². The van der Waals surface area contributed by atoms with E-state index in [9.17, 15) is 4.79 Å². The Morgan fingerprint density at radius 3 is 3.07 bits per heavy atom. The summed E-state index contributed by atoms with van der Waals surface area (Å²) in [5.74, 6) is 0.0592. The summed E-state index contributed by atoms with van der Waals surface area (Å²) in [4.78, 5) is 13.3. The van der Waals surface area contributed by atoms with Crippen LogP contribution in [0.1, 0.15) is 11.1 Å². The molecule has 0 N–H and O–H groups in total. The van der Waals surface area contributed by atoms with Crippen molar-refractivity contribution in [3.63, 3.8) is 0 Å². The molecule has 0 fully saturated rings. The molecule has 0 radical (unpaired) electrons. The number of fused-ring (bicyclic) bond motifs is 1. The van der Waals surface area contributed by atoms with E-state index in [1.807, 2.05) is 12.1 Å². The van der Waals surface area contributed by atoms with Crippen LogP contribution in [-0.4, -0.2) is 18.3 Å². The van der Waals surface area contributed by atoms with Crippen molar-refractivity contribution in [2.24, 2.45) is 0 Å². The number of hydrogen-bond acceptors (Lipinski definition) is 1. The standard InChI is InChI=1S/C11H12ClNO/c1-8-3-2-4-10-9(8)5-6-13(10)11(14)7-12/h2-4H,5-7H2,1H3. The molecule has 1 heterocycles. The lowest BCUT2D eigenvalue weighted by Crippen LogP contribution is -2.29. The van der Waals surface area contributed by atoms with Gasteiger partial charge in [0.05, 0.1) is 0 Å². The molecule has 1 aliphatic rings. The maximum Gasteiger partial charge on any atom is 0.241 e. The van der Waals surface area contributed by atoms with Crippen molar-refractivity contribution in [2.45, 2.75) is 13.3 Å². The lowest BCUT2D eigenvalue weighted by atomic mass is 10.1. The molecule has 1 aromatic rings. The highest BCUT2D eigenvalue weighted by Crippen LogP contribution is 2.30. The van der Waals surface area contributed by atoms with E-state index in [-0.39, 0.29) is 11.8 Å². The van der Waals surface area contributed by atoms with Gasteiger partial charge in [-0.2, -0.15) is 0 Å². The lowest BCUT2D eigenvalue weighted by Gasteiger charge is -2.15. The molecule has 0 saturated carbocycles. The summed E-state index contributed by atoms with van der Waals surface area (Å²) in [6.07, 6.45) is 0.949. The van der Waals surface area contributed by atoms with Gasteiger partial charge >= 0.3 is 0 Å². The Bertz CT molecular complexity index is 376. The van der Waals surface area contributed by atoms with Gasteiger partial charge in [-0.1, -0.05) is 12.1 Å². The molecule has 0 bridgehead atoms. The van der Waals surface area contributed by atoms with Crippen LogP contribution in [0.3, 0.4) is 0 Å². The Labute approximate surface area is 88.5 Å². The minimum atomic E-state index is -0.00369. The summed E-state index contributed by atoms with van der Waals surface area (Å²) in [6, 6.07) is 6.04. The molecule has 2 rings (SSSR count). The first-order valence-corrected chi connectivity index (χ1v) is 5.22. The number of aryl methyl sites for hydroxylation is 1. The SMILES string of the molecule is Cc1cccc2c1CCN2C(=O)CCl. The van der Waals surface area contributed by atoms with Crippen molar-refractivity contribution < 1.29 is 4.79 Å². The van der Waals surface area contributed by atoms with E-state index in [2.05, 4.69) is 13.0 Å². The Balaban J connectivity index is 2.40. The van der Waals surface area contributed by atoms with Crippen molar-refractivity contribution >= 4 is 23.2 Å². The molecule has 1 amide bonds. The van der Waals surface area contributed by atoms with Crippen LogP contribution in [0.5, 0.6) is 0 Å². The second-order valence-electron chi connectivity index (χ2n) is 3.50. The first kappa shape index (κ1) is 9.53. The van der Waals surface area contributed by atoms with Gasteiger partial charge in [-0.05, 0) is 30.5 Å². The van der Waals surface area contributed by atoms with E-state index in [0.717, 1.165) is 18.7 Å². The van der Waals surface area contributed by atoms with Crippen LogP contribution in [0.25, 0.3) is 0 Å². The van der Waals surface area contributed by atoms with E-state index in [1.165, 1.54) is 11.1 Å². The van der Waals surface area contributed by atoms with Gasteiger partial charge in [-0.15, -0.1) is 11.6 Å². The van der Waals surface area contributed by atoms with Gasteiger partial charge in [-0.3, -0.25) is 4.79 Å². The van der Waals surface area contributed by atoms with Crippen LogP contribution >= 0.6 is 11.6 Å². The van der Waals surface area contributed by atoms with Gasteiger partial charge in [0.2, 0.25) is 5.91 Å². The molecule has 0 aliphatic carbocycles. The van der Waals surface area contributed by atoms with Gasteiger partial charge in [-0.25, -0.2) is 0 Å². The number of halogens is 1. The predicted octanol–water partition coefficient (Wildman–Crippen LogP) is 2.12. The highest BCUT2D eigenvalue weighted by molar-refractivity contribution is 6.29. The maximum atomic E-state index is 11.5. The maximum absolute atomic E-state index is 11.5. The van der Waals surface area contributed by atoms with Gasteiger partial charge in [0, 0.05) is 12.2 Å². The molecule has 14 heavy (non-hydrogen) atoms. The van der Waals surface area contributed by atoms with Crippen LogP contribution in [0, 0.1) is 6.92 Å². The highest BCUT2D eigenvalue weighted by atomic mass is 35.5. The Hall–Kier alpha value is -1.02. The fourth-order valence-electron chi connectivity index (χ4n) is 1.94. The zero-order valence-corrected chi connectivity index (χ0v) is 8.84. The molecule has 74 valence electrons. The number of alkyl halides is 1. The van der Waals surface area contributed by atoms with Crippen LogP contribution in [0.2, 0.25) is 0 Å². The van der Waals surface area contributed by atoms with Crippen molar-refractivity contribution in [1.29, 1.82) is 0 Å². The molecule has 0 atom stereocenters. The number of nitrogens with zero attached hydrogens (tertiary/aromatic N) is 1. The van der Waals surface area contributed by atoms with E-state index >= 15 is 0 Å². The van der Waals surface area contributed by atoms with Crippen LogP contribution in [0.4, 0.5) is 5.69 Å². The quantitative estimate of drug-likeness (QED) is 0.649. The largest absolute Gasteiger partial charge is 0.311 e. The Morgan fingerprint density at radius 1 is 1.57 bits per heavy atom. The molecule has 1 aromatic carbocycles. The molecule has 0 saturated heterocycles. The molecule has 3 heteroatoms. The fraction of sp³-hybridized carbons (Fsp3) is 0.364. The first-order chi connectivity index (χ1) is 6.74. The highest BCUT2D eigenvalue weighted by Gasteiger charge is 2.24. The average Bonchev–Trinajstić information content (AvgIpc) is 2.62. The molecular weight excluding hydrogens is 198 g/mol. The van der Waals surface area contributed by atoms with Crippen molar-refractivity contribution in [3.05, 3.63) is 29.3 Å². The summed E-state index contributed by atoms with van der Waals surface area (Å²) in [5, 5.41) is 0. The molecular formula is C11H12ClNO. The Morgan fingerprint density at radius 2 is 2.36 bits per heavy atom. The van der Waals surface area contributed by atoms with E-state index in [1.54, 1.807) is 4.90 Å². The van der Waals surface area contributed by atoms with Crippen molar-refractivity contribution in [2.75, 3.05) is 17.3 Å². The number of amides is 1. The van der Waals surface area contributed by atoms with Crippen LogP contribution in [-0.2, 0) is 11.2 Å². The zero-order valence-electron chi connectivity index (χ0n) is 8.09. The van der Waals surface area contributed by atoms with E-state index < -0.39 is 0 Å². The number of benzene rings is 1. The average molecular weight is 210 g/mol. The molecule has 0 spiro atoms. The van der Waals surface area contributed by atoms with Gasteiger partial charge in [0.1, 0.15) is 5.88 Å². The first-order valence-electron chi connectivity index (χ1n) is 4.69. The topological polar surface area (TPSA) is 20.3 Å². The number of rotatable bonds is 1. The third-order valence-corrected chi connectivity index (χ3v) is 2.91. The van der Waals surface area contributed by atoms with E-state index in [4.69, 9.17) is 11.6 Å². The lowest BCUT2D eigenvalue weighted by molar-refractivity contribution is -0.116. The smallest absolute Gasteiger partial charge is 0.241 e. The summed E-state index contributed by atoms with van der Waals surface area (Å²) in [5.41, 5.74) is 3.58. The molecule has 2 nitrogen and oxygen atoms in total. The second kappa shape index (κ2) is 3.62. The third-order valence-electron chi connectivity index (χ3n) is 2.68. The number of hydrogen-bond donors (Lipinski definition) is 0. The minimum Gasteiger partial charge on any atom is -0.311 e. The van der Waals surface area contributed by atoms with Crippen molar-refractivity contribution in [3.8, 4) is 0 Å². The molecule has 1 aliphatic heterocycles. The normalized spacial score (nSPS) is 14.3. The van der Waals surface area contributed by atoms with Gasteiger partial charge in [0.15, 0.2) is 0 Å². The number of carbonyl (C=O) groups is 1. The van der Waals surface area contributed by atoms with Crippen molar-refractivity contribution in [1.82, 2.24) is 0 Å². The monoisotopic (exact) mass is 209 g/mol. The van der Waals surface area contributed by atoms with Crippen LogP contribution < -0.4 is 4.90 Å². The second-order valence-corrected chi connectivity index (χ2v) is 3.77. The number of carbonyl (C=O) groups excluding carboxylic acids is 1.